The second kappa shape index (κ2) is 16.3. The SMILES string of the molecule is COc1ccc(C(N=C(N)NC(=NC(c2ccccc2)(c2ccccc2)c2ccc(OC)cc2)c2ccc(I)[nH]2)(c2ccccc2)c2ccccc2)cc1. The number of hydrogen-bond donors (Lipinski definition) is 3. The highest BCUT2D eigenvalue weighted by Gasteiger charge is 2.39. The number of nitrogens with one attached hydrogen (secondary N) is 2. The van der Waals surface area contributed by atoms with Crippen molar-refractivity contribution in [1.82, 2.24) is 10.3 Å². The van der Waals surface area contributed by atoms with Crippen molar-refractivity contribution < 1.29 is 9.47 Å². The number of methoxy groups -OCH3 is 2. The molecule has 0 amide bonds. The van der Waals surface area contributed by atoms with Crippen LogP contribution in [-0.4, -0.2) is 31.0 Å². The molecule has 0 aliphatic carbocycles. The molecule has 0 atom stereocenters. The van der Waals surface area contributed by atoms with Crippen LogP contribution in [-0.2, 0) is 11.1 Å². The zero-order valence-corrected chi connectivity index (χ0v) is 32.1. The van der Waals surface area contributed by atoms with E-state index < -0.39 is 11.1 Å². The molecule has 268 valence electrons. The Kier molecular flexibility index (Phi) is 10.9. The van der Waals surface area contributed by atoms with Crippen LogP contribution >= 0.6 is 22.6 Å². The molecule has 54 heavy (non-hydrogen) atoms. The topological polar surface area (TPSA) is 97.0 Å². The van der Waals surface area contributed by atoms with Gasteiger partial charge in [0.05, 0.1) is 23.6 Å². The van der Waals surface area contributed by atoms with Crippen LogP contribution in [0.4, 0.5) is 0 Å². The number of aromatic nitrogens is 1. The first-order chi connectivity index (χ1) is 26.5. The number of amidine groups is 1. The summed E-state index contributed by atoms with van der Waals surface area (Å²) in [6, 6.07) is 61.1. The van der Waals surface area contributed by atoms with E-state index in [2.05, 4.69) is 93.6 Å². The number of aromatic amines is 1. The van der Waals surface area contributed by atoms with Crippen molar-refractivity contribution in [2.45, 2.75) is 11.1 Å². The molecule has 0 saturated heterocycles. The Hall–Kier alpha value is -6.13. The third kappa shape index (κ3) is 7.25. The van der Waals surface area contributed by atoms with E-state index in [1.165, 1.54) is 0 Å². The molecule has 0 aliphatic heterocycles. The van der Waals surface area contributed by atoms with E-state index in [4.69, 9.17) is 25.2 Å². The first-order valence-corrected chi connectivity index (χ1v) is 18.6. The van der Waals surface area contributed by atoms with Crippen LogP contribution in [0.15, 0.2) is 192 Å². The summed E-state index contributed by atoms with van der Waals surface area (Å²) in [4.78, 5) is 14.7. The van der Waals surface area contributed by atoms with Crippen LogP contribution in [0, 0.1) is 3.70 Å². The first kappa shape index (κ1) is 36.2. The van der Waals surface area contributed by atoms with E-state index in [0.717, 1.165) is 54.3 Å². The predicted molar refractivity (Wildman–Crippen MR) is 226 cm³/mol. The predicted octanol–water partition coefficient (Wildman–Crippen LogP) is 9.27. The molecular weight excluding hydrogens is 781 g/mol. The maximum Gasteiger partial charge on any atom is 0.195 e. The van der Waals surface area contributed by atoms with Crippen LogP contribution in [0.1, 0.15) is 39.1 Å². The Labute approximate surface area is 329 Å². The van der Waals surface area contributed by atoms with Gasteiger partial charge in [0.15, 0.2) is 11.8 Å². The van der Waals surface area contributed by atoms with Crippen molar-refractivity contribution in [2.24, 2.45) is 15.7 Å². The Morgan fingerprint density at radius 2 is 0.852 bits per heavy atom. The van der Waals surface area contributed by atoms with Crippen molar-refractivity contribution in [1.29, 1.82) is 0 Å². The van der Waals surface area contributed by atoms with Gasteiger partial charge in [0.25, 0.3) is 0 Å². The Morgan fingerprint density at radius 3 is 1.19 bits per heavy atom. The number of ether oxygens (including phenoxy) is 2. The number of aliphatic imine (C=N–C) groups is 2. The smallest absolute Gasteiger partial charge is 0.195 e. The lowest BCUT2D eigenvalue weighted by molar-refractivity contribution is 0.414. The van der Waals surface area contributed by atoms with E-state index >= 15 is 0 Å². The molecular formula is C46H40IN5O2. The van der Waals surface area contributed by atoms with Crippen LogP contribution in [0.5, 0.6) is 11.5 Å². The summed E-state index contributed by atoms with van der Waals surface area (Å²) in [5, 5.41) is 3.51. The Morgan fingerprint density at radius 1 is 0.500 bits per heavy atom. The fourth-order valence-corrected chi connectivity index (χ4v) is 7.40. The highest BCUT2D eigenvalue weighted by Crippen LogP contribution is 2.43. The molecule has 0 saturated carbocycles. The average molecular weight is 822 g/mol. The van der Waals surface area contributed by atoms with E-state index in [0.29, 0.717) is 5.84 Å². The van der Waals surface area contributed by atoms with Gasteiger partial charge in [-0.3, -0.25) is 0 Å². The molecule has 0 spiro atoms. The minimum absolute atomic E-state index is 0.173. The molecule has 6 aromatic carbocycles. The Bertz CT molecular complexity index is 2250. The van der Waals surface area contributed by atoms with Crippen molar-refractivity contribution in [3.05, 3.63) is 225 Å². The van der Waals surface area contributed by atoms with Crippen LogP contribution in [0.3, 0.4) is 0 Å². The van der Waals surface area contributed by atoms with Crippen molar-refractivity contribution in [2.75, 3.05) is 14.2 Å². The lowest BCUT2D eigenvalue weighted by Crippen LogP contribution is -2.43. The molecule has 0 aliphatic rings. The quantitative estimate of drug-likeness (QED) is 0.0525. The van der Waals surface area contributed by atoms with Gasteiger partial charge < -0.3 is 25.5 Å². The molecule has 0 bridgehead atoms. The first-order valence-electron chi connectivity index (χ1n) is 17.5. The molecule has 0 fully saturated rings. The summed E-state index contributed by atoms with van der Waals surface area (Å²) < 4.78 is 12.1. The van der Waals surface area contributed by atoms with Gasteiger partial charge in [-0.15, -0.1) is 0 Å². The fourth-order valence-electron chi connectivity index (χ4n) is 6.93. The van der Waals surface area contributed by atoms with Crippen molar-refractivity contribution in [3.63, 3.8) is 0 Å². The van der Waals surface area contributed by atoms with Crippen LogP contribution in [0.25, 0.3) is 0 Å². The molecule has 4 N–H and O–H groups in total. The summed E-state index contributed by atoms with van der Waals surface area (Å²) in [7, 11) is 3.33. The van der Waals surface area contributed by atoms with Gasteiger partial charge in [0.1, 0.15) is 22.6 Å². The number of H-pyrrole nitrogens is 1. The standard InChI is InChI=1S/C46H40IN5O2/c1-53-39-27-23-37(24-28-39)45(33-15-7-3-8-16-33,34-17-9-4-10-18-34)51-43(41-31-32-42(47)49-41)50-44(48)52-46(35-19-11-5-12-20-35,36-21-13-6-14-22-36)38-25-29-40(54-2)30-26-38/h3-32,49H,1-2H3,(H3,48,50,51,52). The van der Waals surface area contributed by atoms with Gasteiger partial charge in [0.2, 0.25) is 0 Å². The maximum atomic E-state index is 7.15. The van der Waals surface area contributed by atoms with Gasteiger partial charge in [0, 0.05) is 0 Å². The summed E-state index contributed by atoms with van der Waals surface area (Å²) >= 11 is 2.27. The number of nitrogens with zero attached hydrogens (tertiary/aromatic N) is 2. The summed E-state index contributed by atoms with van der Waals surface area (Å²) in [6.45, 7) is 0. The van der Waals surface area contributed by atoms with E-state index in [1.54, 1.807) is 14.2 Å². The average Bonchev–Trinajstić information content (AvgIpc) is 3.69. The van der Waals surface area contributed by atoms with Gasteiger partial charge in [-0.1, -0.05) is 146 Å². The molecule has 7 nitrogen and oxygen atoms in total. The second-order valence-electron chi connectivity index (χ2n) is 12.6. The van der Waals surface area contributed by atoms with E-state index in [-0.39, 0.29) is 5.96 Å². The largest absolute Gasteiger partial charge is 0.497 e. The van der Waals surface area contributed by atoms with E-state index in [9.17, 15) is 0 Å². The molecule has 1 aromatic heterocycles. The minimum Gasteiger partial charge on any atom is -0.497 e. The monoisotopic (exact) mass is 821 g/mol. The molecule has 0 unspecified atom stereocenters. The Balaban J connectivity index is 1.49. The third-order valence-electron chi connectivity index (χ3n) is 9.50. The molecule has 8 heteroatoms. The van der Waals surface area contributed by atoms with Crippen molar-refractivity contribution >= 4 is 34.4 Å². The summed E-state index contributed by atoms with van der Waals surface area (Å²) in [5.41, 5.74) is 11.5. The van der Waals surface area contributed by atoms with Gasteiger partial charge in [-0.05, 0) is 92.4 Å². The normalized spacial score (nSPS) is 12.3. The highest BCUT2D eigenvalue weighted by molar-refractivity contribution is 14.1. The van der Waals surface area contributed by atoms with Crippen LogP contribution in [0.2, 0.25) is 0 Å². The van der Waals surface area contributed by atoms with Gasteiger partial charge >= 0.3 is 0 Å². The zero-order valence-electron chi connectivity index (χ0n) is 30.0. The second-order valence-corrected chi connectivity index (χ2v) is 13.8. The number of rotatable bonds is 11. The molecule has 7 aromatic rings. The molecule has 7 rings (SSSR count). The lowest BCUT2D eigenvalue weighted by atomic mass is 9.77. The van der Waals surface area contributed by atoms with Gasteiger partial charge in [-0.2, -0.15) is 0 Å². The minimum atomic E-state index is -1.03. The highest BCUT2D eigenvalue weighted by atomic mass is 127. The fraction of sp³-hybridized carbons (Fsp3) is 0.0870. The van der Waals surface area contributed by atoms with Gasteiger partial charge in [-0.25, -0.2) is 9.98 Å². The number of benzene rings is 6. The summed E-state index contributed by atoms with van der Waals surface area (Å²) in [5.74, 6) is 2.18. The van der Waals surface area contributed by atoms with E-state index in [1.807, 2.05) is 121 Å². The van der Waals surface area contributed by atoms with Crippen molar-refractivity contribution in [3.8, 4) is 11.5 Å². The number of nitrogens with two attached hydrogens (primary N) is 1. The molecule has 0 radical (unpaired) electrons. The number of halogens is 1. The maximum absolute atomic E-state index is 7.15. The molecule has 1 heterocycles. The summed E-state index contributed by atoms with van der Waals surface area (Å²) in [6.07, 6.45) is 0. The number of hydrogen-bond acceptors (Lipinski definition) is 4. The lowest BCUT2D eigenvalue weighted by Gasteiger charge is -2.34. The van der Waals surface area contributed by atoms with Crippen LogP contribution < -0.4 is 20.5 Å². The zero-order chi connectivity index (χ0) is 37.4. The third-order valence-corrected chi connectivity index (χ3v) is 10.1. The number of guanidine groups is 1.